The lowest BCUT2D eigenvalue weighted by Gasteiger charge is -2.03. The summed E-state index contributed by atoms with van der Waals surface area (Å²) in [5.41, 5.74) is 10.3. The Kier molecular flexibility index (Phi) is 5.16. The number of nitrogens with one attached hydrogen (secondary N) is 1. The van der Waals surface area contributed by atoms with Gasteiger partial charge in [0.15, 0.2) is 0 Å². The Balaban J connectivity index is 2.54. The van der Waals surface area contributed by atoms with E-state index in [4.69, 9.17) is 10.5 Å². The lowest BCUT2D eigenvalue weighted by molar-refractivity contribution is -0.125. The monoisotopic (exact) mass is 235 g/mol. The van der Waals surface area contributed by atoms with E-state index in [0.29, 0.717) is 12.3 Å². The van der Waals surface area contributed by atoms with Crippen molar-refractivity contribution in [3.8, 4) is 0 Å². The largest absolute Gasteiger partial charge is 0.399 e. The SMILES string of the molecule is CCOCC(=O)N/N=C(\C)c1ccc(N)cc1. The Morgan fingerprint density at radius 3 is 2.65 bits per heavy atom. The molecule has 1 rings (SSSR count). The molecule has 0 aliphatic heterocycles. The number of nitrogen functional groups attached to an aromatic ring is 1. The molecule has 92 valence electrons. The number of nitrogens with zero attached hydrogens (tertiary/aromatic N) is 1. The summed E-state index contributed by atoms with van der Waals surface area (Å²) < 4.78 is 4.95. The fraction of sp³-hybridized carbons (Fsp3) is 0.333. The molecule has 0 radical (unpaired) electrons. The Hall–Kier alpha value is -1.88. The summed E-state index contributed by atoms with van der Waals surface area (Å²) >= 11 is 0. The maximum Gasteiger partial charge on any atom is 0.266 e. The van der Waals surface area contributed by atoms with E-state index in [1.54, 1.807) is 12.1 Å². The molecule has 0 saturated heterocycles. The quantitative estimate of drug-likeness (QED) is 0.456. The van der Waals surface area contributed by atoms with Crippen molar-refractivity contribution in [3.05, 3.63) is 29.8 Å². The highest BCUT2D eigenvalue weighted by Gasteiger charge is 2.00. The molecule has 0 bridgehead atoms. The minimum atomic E-state index is -0.262. The first-order valence-corrected chi connectivity index (χ1v) is 5.40. The fourth-order valence-electron chi connectivity index (χ4n) is 1.16. The number of rotatable bonds is 5. The van der Waals surface area contributed by atoms with E-state index in [1.807, 2.05) is 26.0 Å². The fourth-order valence-corrected chi connectivity index (χ4v) is 1.16. The number of nitrogens with two attached hydrogens (primary N) is 1. The van der Waals surface area contributed by atoms with Crippen LogP contribution in [0.2, 0.25) is 0 Å². The van der Waals surface area contributed by atoms with Crippen molar-refractivity contribution in [3.63, 3.8) is 0 Å². The van der Waals surface area contributed by atoms with E-state index in [0.717, 1.165) is 11.3 Å². The van der Waals surface area contributed by atoms with Crippen LogP contribution >= 0.6 is 0 Å². The van der Waals surface area contributed by atoms with E-state index in [9.17, 15) is 4.79 Å². The number of amides is 1. The second kappa shape index (κ2) is 6.65. The van der Waals surface area contributed by atoms with Crippen LogP contribution in [0.4, 0.5) is 5.69 Å². The second-order valence-electron chi connectivity index (χ2n) is 3.49. The highest BCUT2D eigenvalue weighted by Crippen LogP contribution is 2.06. The predicted octanol–water partition coefficient (Wildman–Crippen LogP) is 1.15. The molecule has 1 aromatic rings. The topological polar surface area (TPSA) is 76.7 Å². The first-order valence-electron chi connectivity index (χ1n) is 5.40. The van der Waals surface area contributed by atoms with Crippen molar-refractivity contribution >= 4 is 17.3 Å². The first-order chi connectivity index (χ1) is 8.13. The van der Waals surface area contributed by atoms with Gasteiger partial charge in [0.2, 0.25) is 0 Å². The Morgan fingerprint density at radius 1 is 1.41 bits per heavy atom. The van der Waals surface area contributed by atoms with Gasteiger partial charge in [0.1, 0.15) is 6.61 Å². The van der Waals surface area contributed by atoms with Gasteiger partial charge in [-0.05, 0) is 31.5 Å². The summed E-state index contributed by atoms with van der Waals surface area (Å²) in [4.78, 5) is 11.2. The molecule has 0 saturated carbocycles. The molecule has 0 spiro atoms. The molecule has 0 atom stereocenters. The van der Waals surface area contributed by atoms with Gasteiger partial charge in [-0.1, -0.05) is 12.1 Å². The molecule has 5 nitrogen and oxygen atoms in total. The summed E-state index contributed by atoms with van der Waals surface area (Å²) in [6.45, 7) is 4.17. The maximum atomic E-state index is 11.2. The molecule has 0 fully saturated rings. The smallest absolute Gasteiger partial charge is 0.266 e. The van der Waals surface area contributed by atoms with Crippen molar-refractivity contribution in [1.29, 1.82) is 0 Å². The molecule has 5 heteroatoms. The minimum Gasteiger partial charge on any atom is -0.399 e. The van der Waals surface area contributed by atoms with Gasteiger partial charge in [-0.25, -0.2) is 5.43 Å². The molecule has 3 N–H and O–H groups in total. The third-order valence-corrected chi connectivity index (χ3v) is 2.11. The summed E-state index contributed by atoms with van der Waals surface area (Å²) in [5.74, 6) is -0.262. The summed E-state index contributed by atoms with van der Waals surface area (Å²) in [5, 5.41) is 3.97. The zero-order valence-corrected chi connectivity index (χ0v) is 10.1. The van der Waals surface area contributed by atoms with Gasteiger partial charge in [-0.2, -0.15) is 5.10 Å². The van der Waals surface area contributed by atoms with Crippen LogP contribution in [0.3, 0.4) is 0 Å². The van der Waals surface area contributed by atoms with Crippen LogP contribution in [-0.4, -0.2) is 24.8 Å². The highest BCUT2D eigenvalue weighted by molar-refractivity contribution is 5.99. The number of benzene rings is 1. The third kappa shape index (κ3) is 4.65. The maximum absolute atomic E-state index is 11.2. The average Bonchev–Trinajstić information content (AvgIpc) is 2.34. The molecule has 0 aliphatic carbocycles. The predicted molar refractivity (Wildman–Crippen MR) is 67.7 cm³/mol. The van der Waals surface area contributed by atoms with Gasteiger partial charge in [-0.3, -0.25) is 4.79 Å². The van der Waals surface area contributed by atoms with Crippen LogP contribution in [0.1, 0.15) is 19.4 Å². The van der Waals surface area contributed by atoms with Crippen LogP contribution in [0.5, 0.6) is 0 Å². The van der Waals surface area contributed by atoms with Gasteiger partial charge in [0.05, 0.1) is 5.71 Å². The van der Waals surface area contributed by atoms with Crippen molar-refractivity contribution < 1.29 is 9.53 Å². The van der Waals surface area contributed by atoms with Crippen LogP contribution in [0.15, 0.2) is 29.4 Å². The van der Waals surface area contributed by atoms with Gasteiger partial charge in [0.25, 0.3) is 5.91 Å². The molecule has 17 heavy (non-hydrogen) atoms. The molecule has 0 aliphatic rings. The first kappa shape index (κ1) is 13.2. The average molecular weight is 235 g/mol. The van der Waals surface area contributed by atoms with Crippen molar-refractivity contribution in [1.82, 2.24) is 5.43 Å². The van der Waals surface area contributed by atoms with E-state index in [1.165, 1.54) is 0 Å². The number of carbonyl (C=O) groups is 1. The minimum absolute atomic E-state index is 0.0228. The highest BCUT2D eigenvalue weighted by atomic mass is 16.5. The lowest BCUT2D eigenvalue weighted by Crippen LogP contribution is -2.24. The normalized spacial score (nSPS) is 11.3. The molecular weight excluding hydrogens is 218 g/mol. The van der Waals surface area contributed by atoms with Crippen molar-refractivity contribution in [2.24, 2.45) is 5.10 Å². The van der Waals surface area contributed by atoms with Crippen molar-refractivity contribution in [2.45, 2.75) is 13.8 Å². The number of anilines is 1. The van der Waals surface area contributed by atoms with E-state index >= 15 is 0 Å². The Bertz CT molecular complexity index is 399. The van der Waals surface area contributed by atoms with Gasteiger partial charge in [0, 0.05) is 12.3 Å². The van der Waals surface area contributed by atoms with Gasteiger partial charge >= 0.3 is 0 Å². The number of hydrogen-bond donors (Lipinski definition) is 2. The Labute approximate surface area is 101 Å². The second-order valence-corrected chi connectivity index (χ2v) is 3.49. The van der Waals surface area contributed by atoms with Gasteiger partial charge in [-0.15, -0.1) is 0 Å². The van der Waals surface area contributed by atoms with Crippen LogP contribution in [0.25, 0.3) is 0 Å². The molecule has 1 amide bonds. The number of hydrogen-bond acceptors (Lipinski definition) is 4. The standard InChI is InChI=1S/C12H17N3O2/c1-3-17-8-12(16)15-14-9(2)10-4-6-11(13)7-5-10/h4-7H,3,8,13H2,1-2H3,(H,15,16)/b14-9+. The summed E-state index contributed by atoms with van der Waals surface area (Å²) in [6, 6.07) is 7.28. The van der Waals surface area contributed by atoms with Crippen LogP contribution in [-0.2, 0) is 9.53 Å². The molecule has 0 heterocycles. The number of ether oxygens (including phenoxy) is 1. The van der Waals surface area contributed by atoms with Crippen LogP contribution < -0.4 is 11.2 Å². The molecule has 0 unspecified atom stereocenters. The molecular formula is C12H17N3O2. The summed E-state index contributed by atoms with van der Waals surface area (Å²) in [7, 11) is 0. The van der Waals surface area contributed by atoms with E-state index in [-0.39, 0.29) is 12.5 Å². The zero-order chi connectivity index (χ0) is 12.7. The third-order valence-electron chi connectivity index (χ3n) is 2.11. The van der Waals surface area contributed by atoms with E-state index < -0.39 is 0 Å². The molecule has 0 aromatic heterocycles. The van der Waals surface area contributed by atoms with Crippen LogP contribution in [0, 0.1) is 0 Å². The molecule has 1 aromatic carbocycles. The van der Waals surface area contributed by atoms with Gasteiger partial charge < -0.3 is 10.5 Å². The Morgan fingerprint density at radius 2 is 2.06 bits per heavy atom. The zero-order valence-electron chi connectivity index (χ0n) is 10.1. The lowest BCUT2D eigenvalue weighted by atomic mass is 10.1. The number of carbonyl (C=O) groups excluding carboxylic acids is 1. The van der Waals surface area contributed by atoms with Crippen molar-refractivity contribution in [2.75, 3.05) is 18.9 Å². The van der Waals surface area contributed by atoms with E-state index in [2.05, 4.69) is 10.5 Å². The number of hydrazone groups is 1. The summed E-state index contributed by atoms with van der Waals surface area (Å²) in [6.07, 6.45) is 0.